The third kappa shape index (κ3) is 2.30. The molecule has 1 nitrogen and oxygen atoms in total. The Hall–Kier alpha value is -0.930. The second-order valence-electron chi connectivity index (χ2n) is 2.80. The summed E-state index contributed by atoms with van der Waals surface area (Å²) in [7, 11) is 0. The van der Waals surface area contributed by atoms with Crippen molar-refractivity contribution in [1.29, 1.82) is 0 Å². The van der Waals surface area contributed by atoms with E-state index in [0.29, 0.717) is 0 Å². The molecule has 0 unspecified atom stereocenters. The van der Waals surface area contributed by atoms with Crippen molar-refractivity contribution in [3.8, 4) is 0 Å². The lowest BCUT2D eigenvalue weighted by Crippen LogP contribution is -1.70. The van der Waals surface area contributed by atoms with Crippen molar-refractivity contribution in [1.82, 2.24) is 4.37 Å². The fourth-order valence-electron chi connectivity index (χ4n) is 1.09. The Kier molecular flexibility index (Phi) is 3.11. The normalized spacial score (nSPS) is 10.9. The maximum absolute atomic E-state index is 4.14. The molecule has 1 aromatic carbocycles. The average Bonchev–Trinajstić information content (AvgIpc) is 2.63. The van der Waals surface area contributed by atoms with E-state index in [1.807, 2.05) is 23.6 Å². The van der Waals surface area contributed by atoms with Crippen molar-refractivity contribution in [3.05, 3.63) is 51.4 Å². The maximum Gasteiger partial charge on any atom is 0.127 e. The van der Waals surface area contributed by atoms with E-state index in [1.54, 1.807) is 0 Å². The minimum absolute atomic E-state index is 0.912. The lowest BCUT2D eigenvalue weighted by Gasteiger charge is -1.90. The summed E-state index contributed by atoms with van der Waals surface area (Å²) in [6.07, 6.45) is 4.14. The number of halogens is 1. The second-order valence-corrected chi connectivity index (χ2v) is 4.18. The molecule has 0 N–H and O–H groups in total. The number of benzene rings is 1. The Morgan fingerprint density at radius 3 is 2.57 bits per heavy atom. The third-order valence-corrected chi connectivity index (χ3v) is 3.32. The molecule has 0 fully saturated rings. The van der Waals surface area contributed by atoms with Gasteiger partial charge in [-0.1, -0.05) is 42.5 Å². The number of hydrogen-bond donors (Lipinski definition) is 0. The zero-order chi connectivity index (χ0) is 9.80. The molecule has 0 atom stereocenters. The summed E-state index contributed by atoms with van der Waals surface area (Å²) in [5.41, 5.74) is 2.32. The van der Waals surface area contributed by atoms with Crippen molar-refractivity contribution < 1.29 is 0 Å². The van der Waals surface area contributed by atoms with E-state index in [1.165, 1.54) is 17.1 Å². The van der Waals surface area contributed by atoms with E-state index in [2.05, 4.69) is 44.6 Å². The Bertz CT molecular complexity index is 434. The molecule has 0 saturated carbocycles. The van der Waals surface area contributed by atoms with E-state index < -0.39 is 0 Å². The zero-order valence-corrected chi connectivity index (χ0v) is 9.75. The minimum Gasteiger partial charge on any atom is -0.185 e. The first kappa shape index (κ1) is 9.62. The van der Waals surface area contributed by atoms with Crippen molar-refractivity contribution in [2.45, 2.75) is 0 Å². The van der Waals surface area contributed by atoms with Crippen molar-refractivity contribution in [2.75, 3.05) is 0 Å². The number of hydrogen-bond acceptors (Lipinski definition) is 2. The molecule has 1 aromatic heterocycles. The lowest BCUT2D eigenvalue weighted by atomic mass is 10.2. The van der Waals surface area contributed by atoms with Gasteiger partial charge in [0.25, 0.3) is 0 Å². The molecule has 0 spiro atoms. The molecule has 3 heteroatoms. The molecule has 2 aromatic rings. The summed E-state index contributed by atoms with van der Waals surface area (Å²) in [4.78, 5) is 0. The van der Waals surface area contributed by atoms with Gasteiger partial charge in [0.1, 0.15) is 4.60 Å². The van der Waals surface area contributed by atoms with E-state index in [-0.39, 0.29) is 0 Å². The average molecular weight is 266 g/mol. The van der Waals surface area contributed by atoms with Crippen LogP contribution in [0, 0.1) is 0 Å². The van der Waals surface area contributed by atoms with Gasteiger partial charge in [-0.2, -0.15) is 4.37 Å². The first-order valence-electron chi connectivity index (χ1n) is 4.19. The molecule has 14 heavy (non-hydrogen) atoms. The summed E-state index contributed by atoms with van der Waals surface area (Å²) in [5.74, 6) is 0. The molecule has 0 aliphatic rings. The van der Waals surface area contributed by atoms with Gasteiger partial charge in [-0.3, -0.25) is 0 Å². The topological polar surface area (TPSA) is 12.9 Å². The zero-order valence-electron chi connectivity index (χ0n) is 7.35. The standard InChI is InChI=1S/C11H8BrNS/c12-11-10(8-14-13-11)7-6-9-4-2-1-3-5-9/h1-8H/b7-6+. The van der Waals surface area contributed by atoms with Crippen LogP contribution in [0.25, 0.3) is 12.2 Å². The highest BCUT2D eigenvalue weighted by molar-refractivity contribution is 9.10. The molecule has 0 bridgehead atoms. The smallest absolute Gasteiger partial charge is 0.127 e. The van der Waals surface area contributed by atoms with E-state index in [9.17, 15) is 0 Å². The largest absolute Gasteiger partial charge is 0.185 e. The van der Waals surface area contributed by atoms with Gasteiger partial charge in [0.15, 0.2) is 0 Å². The molecular weight excluding hydrogens is 258 g/mol. The summed E-state index contributed by atoms with van der Waals surface area (Å²) in [6.45, 7) is 0. The van der Waals surface area contributed by atoms with Crippen LogP contribution in [-0.4, -0.2) is 4.37 Å². The van der Waals surface area contributed by atoms with Crippen molar-refractivity contribution in [3.63, 3.8) is 0 Å². The molecule has 2 rings (SSSR count). The highest BCUT2D eigenvalue weighted by Gasteiger charge is 1.96. The van der Waals surface area contributed by atoms with E-state index in [0.717, 1.165) is 10.2 Å². The molecule has 0 aliphatic heterocycles. The summed E-state index contributed by atoms with van der Waals surface area (Å²) >= 11 is 4.84. The van der Waals surface area contributed by atoms with Crippen LogP contribution in [-0.2, 0) is 0 Å². The van der Waals surface area contributed by atoms with Crippen LogP contribution in [0.5, 0.6) is 0 Å². The summed E-state index contributed by atoms with van der Waals surface area (Å²) < 4.78 is 5.05. The molecule has 1 heterocycles. The lowest BCUT2D eigenvalue weighted by molar-refractivity contribution is 1.48. The number of nitrogens with zero attached hydrogens (tertiary/aromatic N) is 1. The van der Waals surface area contributed by atoms with Crippen molar-refractivity contribution in [2.24, 2.45) is 0 Å². The Labute approximate surface area is 95.4 Å². The van der Waals surface area contributed by atoms with E-state index in [4.69, 9.17) is 0 Å². The Morgan fingerprint density at radius 2 is 1.93 bits per heavy atom. The summed E-state index contributed by atoms with van der Waals surface area (Å²) in [6, 6.07) is 10.2. The SMILES string of the molecule is Brc1nscc1/C=C/c1ccccc1. The molecule has 0 saturated heterocycles. The highest BCUT2D eigenvalue weighted by atomic mass is 79.9. The fraction of sp³-hybridized carbons (Fsp3) is 0. The van der Waals surface area contributed by atoms with Gasteiger partial charge < -0.3 is 0 Å². The van der Waals surface area contributed by atoms with Gasteiger partial charge in [-0.25, -0.2) is 0 Å². The monoisotopic (exact) mass is 265 g/mol. The van der Waals surface area contributed by atoms with Gasteiger partial charge >= 0.3 is 0 Å². The van der Waals surface area contributed by atoms with Gasteiger partial charge in [0.2, 0.25) is 0 Å². The van der Waals surface area contributed by atoms with Gasteiger partial charge in [0.05, 0.1) is 0 Å². The van der Waals surface area contributed by atoms with E-state index >= 15 is 0 Å². The minimum atomic E-state index is 0.912. The van der Waals surface area contributed by atoms with Crippen LogP contribution < -0.4 is 0 Å². The third-order valence-electron chi connectivity index (χ3n) is 1.81. The van der Waals surface area contributed by atoms with Gasteiger partial charge in [-0.15, -0.1) is 0 Å². The molecule has 0 aliphatic carbocycles. The van der Waals surface area contributed by atoms with Crippen molar-refractivity contribution >= 4 is 39.6 Å². The van der Waals surface area contributed by atoms with Crippen LogP contribution in [0.1, 0.15) is 11.1 Å². The first-order valence-corrected chi connectivity index (χ1v) is 5.82. The fourth-order valence-corrected chi connectivity index (χ4v) is 2.29. The molecule has 0 amide bonds. The predicted molar refractivity (Wildman–Crippen MR) is 65.2 cm³/mol. The van der Waals surface area contributed by atoms with Crippen LogP contribution in [0.2, 0.25) is 0 Å². The van der Waals surface area contributed by atoms with Crippen LogP contribution in [0.15, 0.2) is 40.3 Å². The quantitative estimate of drug-likeness (QED) is 0.798. The first-order chi connectivity index (χ1) is 6.86. The second kappa shape index (κ2) is 4.53. The highest BCUT2D eigenvalue weighted by Crippen LogP contribution is 2.19. The molecular formula is C11H8BrNS. The Morgan fingerprint density at radius 1 is 1.14 bits per heavy atom. The maximum atomic E-state index is 4.14. The molecule has 0 radical (unpaired) electrons. The number of rotatable bonds is 2. The Balaban J connectivity index is 2.20. The summed E-state index contributed by atoms with van der Waals surface area (Å²) in [5, 5.41) is 2.02. The van der Waals surface area contributed by atoms with Crippen LogP contribution in [0.4, 0.5) is 0 Å². The van der Waals surface area contributed by atoms with Crippen LogP contribution in [0.3, 0.4) is 0 Å². The number of aromatic nitrogens is 1. The van der Waals surface area contributed by atoms with Gasteiger partial charge in [0, 0.05) is 10.9 Å². The van der Waals surface area contributed by atoms with Crippen LogP contribution >= 0.6 is 27.5 Å². The predicted octanol–water partition coefficient (Wildman–Crippen LogP) is 4.08. The van der Waals surface area contributed by atoms with Gasteiger partial charge in [-0.05, 0) is 33.0 Å². The molecule has 70 valence electrons.